The second-order valence-corrected chi connectivity index (χ2v) is 5.96. The predicted molar refractivity (Wildman–Crippen MR) is 76.7 cm³/mol. The number of nitrogens with zero attached hydrogens (tertiary/aromatic N) is 1. The zero-order chi connectivity index (χ0) is 13.5. The fourth-order valence-corrected chi connectivity index (χ4v) is 2.07. The zero-order valence-electron chi connectivity index (χ0n) is 11.5. The molecule has 0 aliphatic carbocycles. The number of fused-ring (bicyclic) bond motifs is 1. The minimum Gasteiger partial charge on any atom is -0.494 e. The molecular weight excluding hydrogens is 246 g/mol. The van der Waals surface area contributed by atoms with Crippen molar-refractivity contribution in [3.63, 3.8) is 0 Å². The smallest absolute Gasteiger partial charge is 0.145 e. The highest BCUT2D eigenvalue weighted by Crippen LogP contribution is 2.33. The summed E-state index contributed by atoms with van der Waals surface area (Å²) in [6.45, 7) is 8.43. The fourth-order valence-electron chi connectivity index (χ4n) is 1.91. The molecule has 0 aliphatic heterocycles. The molecule has 0 unspecified atom stereocenters. The molecule has 0 radical (unpaired) electrons. The molecule has 1 aromatic heterocycles. The van der Waals surface area contributed by atoms with Crippen LogP contribution in [0.15, 0.2) is 18.2 Å². The van der Waals surface area contributed by atoms with Gasteiger partial charge in [0.2, 0.25) is 0 Å². The largest absolute Gasteiger partial charge is 0.494 e. The molecule has 2 aromatic rings. The standard InChI is InChI=1S/C15H18ClNO/c1-9-12(16)7-10-6-11(15(2,3)4)8-13(18-5)14(10)17-9/h6-8H,1-5H3. The third kappa shape index (κ3) is 2.30. The van der Waals surface area contributed by atoms with Crippen LogP contribution in [0.4, 0.5) is 0 Å². The average Bonchev–Trinajstić information content (AvgIpc) is 2.28. The summed E-state index contributed by atoms with van der Waals surface area (Å²) in [6.07, 6.45) is 0. The summed E-state index contributed by atoms with van der Waals surface area (Å²) >= 11 is 6.15. The molecule has 0 saturated carbocycles. The van der Waals surface area contributed by atoms with Gasteiger partial charge in [0, 0.05) is 5.39 Å². The second-order valence-electron chi connectivity index (χ2n) is 5.56. The van der Waals surface area contributed by atoms with Gasteiger partial charge in [0.05, 0.1) is 17.8 Å². The number of halogens is 1. The lowest BCUT2D eigenvalue weighted by Gasteiger charge is -2.21. The van der Waals surface area contributed by atoms with Gasteiger partial charge in [-0.05, 0) is 36.1 Å². The van der Waals surface area contributed by atoms with E-state index in [1.54, 1.807) is 7.11 Å². The molecule has 0 N–H and O–H groups in total. The number of hydrogen-bond acceptors (Lipinski definition) is 2. The van der Waals surface area contributed by atoms with E-state index in [1.165, 1.54) is 5.56 Å². The first-order valence-electron chi connectivity index (χ1n) is 5.98. The molecule has 1 aromatic carbocycles. The van der Waals surface area contributed by atoms with Gasteiger partial charge in [-0.3, -0.25) is 0 Å². The summed E-state index contributed by atoms with van der Waals surface area (Å²) in [4.78, 5) is 4.51. The normalized spacial score (nSPS) is 11.9. The highest BCUT2D eigenvalue weighted by atomic mass is 35.5. The third-order valence-corrected chi connectivity index (χ3v) is 3.48. The minimum atomic E-state index is 0.0683. The molecule has 0 atom stereocenters. The highest BCUT2D eigenvalue weighted by Gasteiger charge is 2.17. The summed E-state index contributed by atoms with van der Waals surface area (Å²) in [5, 5.41) is 1.71. The Kier molecular flexibility index (Phi) is 3.24. The summed E-state index contributed by atoms with van der Waals surface area (Å²) in [5.74, 6) is 0.803. The number of aryl methyl sites for hydroxylation is 1. The lowest BCUT2D eigenvalue weighted by Crippen LogP contribution is -2.11. The average molecular weight is 264 g/mol. The second kappa shape index (κ2) is 4.43. The number of aromatic nitrogens is 1. The molecule has 0 aliphatic rings. The molecule has 18 heavy (non-hydrogen) atoms. The Balaban J connectivity index is 2.80. The van der Waals surface area contributed by atoms with Crippen LogP contribution in [0.3, 0.4) is 0 Å². The third-order valence-electron chi connectivity index (χ3n) is 3.10. The van der Waals surface area contributed by atoms with E-state index in [4.69, 9.17) is 16.3 Å². The van der Waals surface area contributed by atoms with E-state index in [0.29, 0.717) is 5.02 Å². The minimum absolute atomic E-state index is 0.0683. The van der Waals surface area contributed by atoms with Gasteiger partial charge in [-0.2, -0.15) is 0 Å². The highest BCUT2D eigenvalue weighted by molar-refractivity contribution is 6.31. The van der Waals surface area contributed by atoms with Gasteiger partial charge in [-0.1, -0.05) is 32.4 Å². The lowest BCUT2D eigenvalue weighted by atomic mass is 9.86. The van der Waals surface area contributed by atoms with E-state index in [-0.39, 0.29) is 5.41 Å². The summed E-state index contributed by atoms with van der Waals surface area (Å²) in [6, 6.07) is 6.15. The maximum atomic E-state index is 6.15. The van der Waals surface area contributed by atoms with Crippen LogP contribution in [0.1, 0.15) is 32.0 Å². The van der Waals surface area contributed by atoms with Crippen molar-refractivity contribution in [3.05, 3.63) is 34.5 Å². The molecule has 0 fully saturated rings. The number of rotatable bonds is 1. The predicted octanol–water partition coefficient (Wildman–Crippen LogP) is 4.50. The Morgan fingerprint density at radius 3 is 2.39 bits per heavy atom. The SMILES string of the molecule is COc1cc(C(C)(C)C)cc2cc(Cl)c(C)nc12. The molecule has 1 heterocycles. The molecule has 96 valence electrons. The molecule has 0 saturated heterocycles. The molecule has 0 spiro atoms. The van der Waals surface area contributed by atoms with Gasteiger partial charge in [-0.25, -0.2) is 4.98 Å². The van der Waals surface area contributed by atoms with Gasteiger partial charge in [0.15, 0.2) is 0 Å². The van der Waals surface area contributed by atoms with Gasteiger partial charge in [0.1, 0.15) is 11.3 Å². The summed E-state index contributed by atoms with van der Waals surface area (Å²) in [5.41, 5.74) is 2.98. The van der Waals surface area contributed by atoms with Crippen molar-refractivity contribution in [2.75, 3.05) is 7.11 Å². The number of pyridine rings is 1. The van der Waals surface area contributed by atoms with E-state index in [9.17, 15) is 0 Å². The Hall–Kier alpha value is -1.28. The van der Waals surface area contributed by atoms with Crippen LogP contribution in [0, 0.1) is 6.92 Å². The van der Waals surface area contributed by atoms with Crippen LogP contribution in [-0.2, 0) is 5.41 Å². The molecule has 2 nitrogen and oxygen atoms in total. The fraction of sp³-hybridized carbons (Fsp3) is 0.400. The Morgan fingerprint density at radius 2 is 1.83 bits per heavy atom. The van der Waals surface area contributed by atoms with Gasteiger partial charge >= 0.3 is 0 Å². The van der Waals surface area contributed by atoms with Crippen LogP contribution in [0.5, 0.6) is 5.75 Å². The van der Waals surface area contributed by atoms with Gasteiger partial charge < -0.3 is 4.74 Å². The van der Waals surface area contributed by atoms with Crippen LogP contribution >= 0.6 is 11.6 Å². The zero-order valence-corrected chi connectivity index (χ0v) is 12.2. The first-order valence-corrected chi connectivity index (χ1v) is 6.36. The molecule has 3 heteroatoms. The Labute approximate surface area is 113 Å². The number of ether oxygens (including phenoxy) is 1. The molecular formula is C15H18ClNO. The molecule has 0 amide bonds. The van der Waals surface area contributed by atoms with Crippen molar-refractivity contribution in [3.8, 4) is 5.75 Å². The van der Waals surface area contributed by atoms with Crippen molar-refractivity contribution in [1.82, 2.24) is 4.98 Å². The van der Waals surface area contributed by atoms with Gasteiger partial charge in [-0.15, -0.1) is 0 Å². The van der Waals surface area contributed by atoms with E-state index in [2.05, 4.69) is 37.9 Å². The lowest BCUT2D eigenvalue weighted by molar-refractivity contribution is 0.417. The first-order chi connectivity index (χ1) is 8.32. The van der Waals surface area contributed by atoms with Crippen molar-refractivity contribution in [2.24, 2.45) is 0 Å². The van der Waals surface area contributed by atoms with Crippen molar-refractivity contribution >= 4 is 22.5 Å². The van der Waals surface area contributed by atoms with Crippen molar-refractivity contribution < 1.29 is 4.74 Å². The van der Waals surface area contributed by atoms with Crippen LogP contribution in [-0.4, -0.2) is 12.1 Å². The molecule has 2 rings (SSSR count). The molecule has 0 bridgehead atoms. The number of benzene rings is 1. The van der Waals surface area contributed by atoms with E-state index in [1.807, 2.05) is 13.0 Å². The van der Waals surface area contributed by atoms with Crippen LogP contribution < -0.4 is 4.74 Å². The maximum Gasteiger partial charge on any atom is 0.145 e. The Morgan fingerprint density at radius 1 is 1.17 bits per heavy atom. The summed E-state index contributed by atoms with van der Waals surface area (Å²) in [7, 11) is 1.67. The maximum absolute atomic E-state index is 6.15. The van der Waals surface area contributed by atoms with E-state index >= 15 is 0 Å². The first kappa shape index (κ1) is 13.2. The van der Waals surface area contributed by atoms with Crippen LogP contribution in [0.2, 0.25) is 5.02 Å². The number of methoxy groups -OCH3 is 1. The van der Waals surface area contributed by atoms with E-state index < -0.39 is 0 Å². The van der Waals surface area contributed by atoms with Crippen LogP contribution in [0.25, 0.3) is 10.9 Å². The quantitative estimate of drug-likeness (QED) is 0.756. The monoisotopic (exact) mass is 263 g/mol. The van der Waals surface area contributed by atoms with Gasteiger partial charge in [0.25, 0.3) is 0 Å². The Bertz CT molecular complexity index is 599. The van der Waals surface area contributed by atoms with Crippen molar-refractivity contribution in [2.45, 2.75) is 33.1 Å². The summed E-state index contributed by atoms with van der Waals surface area (Å²) < 4.78 is 5.45. The van der Waals surface area contributed by atoms with Crippen molar-refractivity contribution in [1.29, 1.82) is 0 Å². The topological polar surface area (TPSA) is 22.1 Å². The van der Waals surface area contributed by atoms with E-state index in [0.717, 1.165) is 22.3 Å². The number of hydrogen-bond donors (Lipinski definition) is 0.